The molecule has 4 rings (SSSR count). The number of hydrogen-bond acceptors (Lipinski definition) is 4. The molecule has 2 aromatic carbocycles. The van der Waals surface area contributed by atoms with Gasteiger partial charge in [0.25, 0.3) is 0 Å². The highest BCUT2D eigenvalue weighted by Crippen LogP contribution is 2.44. The van der Waals surface area contributed by atoms with Crippen LogP contribution in [0.3, 0.4) is 0 Å². The van der Waals surface area contributed by atoms with Crippen LogP contribution in [0.2, 0.25) is 0 Å². The number of carbonyl (C=O) groups is 1. The summed E-state index contributed by atoms with van der Waals surface area (Å²) in [4.78, 5) is 14.3. The molecule has 1 aliphatic carbocycles. The lowest BCUT2D eigenvalue weighted by atomic mass is 9.92. The Labute approximate surface area is 202 Å². The van der Waals surface area contributed by atoms with Gasteiger partial charge in [-0.25, -0.2) is 4.79 Å². The van der Waals surface area contributed by atoms with E-state index in [4.69, 9.17) is 10.5 Å². The fourth-order valence-corrected chi connectivity index (χ4v) is 4.34. The molecule has 4 N–H and O–H groups in total. The third-order valence-corrected chi connectivity index (χ3v) is 6.57. The zero-order valence-corrected chi connectivity index (χ0v) is 20.7. The van der Waals surface area contributed by atoms with Crippen LogP contribution in [-0.2, 0) is 0 Å². The predicted octanol–water partition coefficient (Wildman–Crippen LogP) is 5.48. The molecule has 0 saturated heterocycles. The molecule has 3 aromatic rings. The molecule has 0 atom stereocenters. The highest BCUT2D eigenvalue weighted by Gasteiger charge is 2.27. The third kappa shape index (κ3) is 5.14. The van der Waals surface area contributed by atoms with Gasteiger partial charge in [0, 0.05) is 41.3 Å². The van der Waals surface area contributed by atoms with Crippen LogP contribution in [-0.4, -0.2) is 48.3 Å². The lowest BCUT2D eigenvalue weighted by molar-refractivity contribution is 0.244. The van der Waals surface area contributed by atoms with Crippen molar-refractivity contribution in [2.24, 2.45) is 0 Å². The number of anilines is 2. The van der Waals surface area contributed by atoms with E-state index in [0.717, 1.165) is 65.2 Å². The molecule has 1 fully saturated rings. The quantitative estimate of drug-likeness (QED) is 0.392. The maximum Gasteiger partial charge on any atom is 0.319 e. The average molecular weight is 464 g/mol. The van der Waals surface area contributed by atoms with Gasteiger partial charge >= 0.3 is 6.03 Å². The van der Waals surface area contributed by atoms with Crippen molar-refractivity contribution in [1.82, 2.24) is 14.8 Å². The number of nitrogen functional groups attached to an aromatic ring is 1. The maximum absolute atomic E-state index is 12.0. The van der Waals surface area contributed by atoms with Crippen molar-refractivity contribution in [2.45, 2.75) is 52.1 Å². The third-order valence-electron chi connectivity index (χ3n) is 6.57. The Morgan fingerprint density at radius 1 is 1.21 bits per heavy atom. The first-order chi connectivity index (χ1) is 16.4. The Hall–Kier alpha value is -3.19. The van der Waals surface area contributed by atoms with Crippen LogP contribution < -0.4 is 21.1 Å². The molecule has 0 bridgehead atoms. The van der Waals surface area contributed by atoms with Gasteiger partial charge in [-0.3, -0.25) is 0 Å². The highest BCUT2D eigenvalue weighted by atomic mass is 16.5. The van der Waals surface area contributed by atoms with Crippen LogP contribution in [0.4, 0.5) is 16.2 Å². The van der Waals surface area contributed by atoms with Crippen LogP contribution >= 0.6 is 0 Å². The summed E-state index contributed by atoms with van der Waals surface area (Å²) in [6, 6.07) is 14.4. The summed E-state index contributed by atoms with van der Waals surface area (Å²) in [6.45, 7) is 8.56. The number of carbonyl (C=O) groups excluding carboxylic acids is 1. The molecule has 34 heavy (non-hydrogen) atoms. The fourth-order valence-electron chi connectivity index (χ4n) is 4.34. The molecule has 2 amide bonds. The van der Waals surface area contributed by atoms with Crippen molar-refractivity contribution in [2.75, 3.05) is 37.8 Å². The van der Waals surface area contributed by atoms with Gasteiger partial charge in [0.15, 0.2) is 0 Å². The Balaban J connectivity index is 1.64. The first kappa shape index (κ1) is 24.0. The van der Waals surface area contributed by atoms with Crippen LogP contribution in [0.15, 0.2) is 42.5 Å². The van der Waals surface area contributed by atoms with Gasteiger partial charge in [0.05, 0.1) is 16.9 Å². The van der Waals surface area contributed by atoms with E-state index in [1.54, 1.807) is 0 Å². The number of nitrogens with one attached hydrogen (secondary N) is 2. The first-order valence-electron chi connectivity index (χ1n) is 12.3. The zero-order chi connectivity index (χ0) is 24.2. The molecule has 7 nitrogen and oxygen atoms in total. The van der Waals surface area contributed by atoms with Crippen molar-refractivity contribution in [3.05, 3.63) is 42.5 Å². The summed E-state index contributed by atoms with van der Waals surface area (Å²) in [5.41, 5.74) is 11.5. The molecule has 1 aromatic heterocycles. The van der Waals surface area contributed by atoms with E-state index >= 15 is 0 Å². The summed E-state index contributed by atoms with van der Waals surface area (Å²) in [5, 5.41) is 6.78. The minimum absolute atomic E-state index is 0.0821. The van der Waals surface area contributed by atoms with E-state index in [1.807, 2.05) is 44.2 Å². The van der Waals surface area contributed by atoms with Gasteiger partial charge < -0.3 is 30.6 Å². The largest absolute Gasteiger partial charge is 0.492 e. The number of fused-ring (bicyclic) bond motifs is 1. The second-order valence-corrected chi connectivity index (χ2v) is 9.47. The zero-order valence-electron chi connectivity index (χ0n) is 20.7. The molecule has 7 heteroatoms. The minimum atomic E-state index is -0.205. The number of ether oxygens (including phenoxy) is 1. The summed E-state index contributed by atoms with van der Waals surface area (Å²) in [5.74, 6) is 0.873. The van der Waals surface area contributed by atoms with Crippen LogP contribution in [0.25, 0.3) is 22.2 Å². The fraction of sp³-hybridized carbons (Fsp3) is 0.444. The molecule has 1 saturated carbocycles. The molecule has 1 aliphatic rings. The number of benzene rings is 2. The van der Waals surface area contributed by atoms with Crippen molar-refractivity contribution < 1.29 is 9.53 Å². The number of rotatable bonds is 9. The molecule has 0 radical (unpaired) electrons. The van der Waals surface area contributed by atoms with Crippen LogP contribution in [0.5, 0.6) is 5.75 Å². The number of nitrogens with zero attached hydrogens (tertiary/aromatic N) is 2. The monoisotopic (exact) mass is 463 g/mol. The van der Waals surface area contributed by atoms with Crippen molar-refractivity contribution >= 4 is 28.3 Å². The van der Waals surface area contributed by atoms with Gasteiger partial charge in [-0.05, 0) is 71.0 Å². The smallest absolute Gasteiger partial charge is 0.319 e. The number of hydrogen-bond donors (Lipinski definition) is 3. The van der Waals surface area contributed by atoms with Crippen molar-refractivity contribution in [3.8, 4) is 17.0 Å². The second-order valence-electron chi connectivity index (χ2n) is 9.47. The molecule has 0 unspecified atom stereocenters. The standard InChI is InChI=1S/C27H37N5O2/c1-5-31(4)15-16-34-22-13-14-23-24(17-22)32(21-7-6-8-21)26(25(23)28)19-9-11-20(12-10-19)30-27(33)29-18(2)3/h9-14,17-18,21H,5-8,15-16,28H2,1-4H3,(H2,29,30,33). The highest BCUT2D eigenvalue weighted by molar-refractivity contribution is 6.02. The first-order valence-corrected chi connectivity index (χ1v) is 12.3. The molecule has 1 heterocycles. The summed E-state index contributed by atoms with van der Waals surface area (Å²) in [6.07, 6.45) is 3.53. The van der Waals surface area contributed by atoms with E-state index < -0.39 is 0 Å². The summed E-state index contributed by atoms with van der Waals surface area (Å²) >= 11 is 0. The lowest BCUT2D eigenvalue weighted by Gasteiger charge is -2.30. The van der Waals surface area contributed by atoms with Gasteiger partial charge in [0.1, 0.15) is 12.4 Å². The van der Waals surface area contributed by atoms with E-state index in [1.165, 1.54) is 6.42 Å². The van der Waals surface area contributed by atoms with Gasteiger partial charge in [-0.1, -0.05) is 19.1 Å². The molecular weight excluding hydrogens is 426 g/mol. The van der Waals surface area contributed by atoms with E-state index in [-0.39, 0.29) is 12.1 Å². The van der Waals surface area contributed by atoms with Gasteiger partial charge in [-0.2, -0.15) is 0 Å². The Kier molecular flexibility index (Phi) is 7.32. The van der Waals surface area contributed by atoms with Crippen molar-refractivity contribution in [1.29, 1.82) is 0 Å². The number of likely N-dealkylation sites (N-methyl/N-ethyl adjacent to an activating group) is 1. The van der Waals surface area contributed by atoms with E-state index in [9.17, 15) is 4.79 Å². The van der Waals surface area contributed by atoms with Crippen molar-refractivity contribution in [3.63, 3.8) is 0 Å². The van der Waals surface area contributed by atoms with Crippen LogP contribution in [0, 0.1) is 0 Å². The topological polar surface area (TPSA) is 84.6 Å². The second kappa shape index (κ2) is 10.4. The molecule has 182 valence electrons. The number of nitrogens with two attached hydrogens (primary N) is 1. The Morgan fingerprint density at radius 3 is 2.56 bits per heavy atom. The molecule has 0 spiro atoms. The SMILES string of the molecule is CCN(C)CCOc1ccc2c(N)c(-c3ccc(NC(=O)NC(C)C)cc3)n(C3CCC3)c2c1. The number of urea groups is 1. The van der Waals surface area contributed by atoms with Gasteiger partial charge in [-0.15, -0.1) is 0 Å². The van der Waals surface area contributed by atoms with E-state index in [2.05, 4.69) is 46.2 Å². The number of amides is 2. The summed E-state index contributed by atoms with van der Waals surface area (Å²) < 4.78 is 8.46. The minimum Gasteiger partial charge on any atom is -0.492 e. The molecular formula is C27H37N5O2. The maximum atomic E-state index is 12.0. The Morgan fingerprint density at radius 2 is 1.94 bits per heavy atom. The molecule has 0 aliphatic heterocycles. The predicted molar refractivity (Wildman–Crippen MR) is 141 cm³/mol. The summed E-state index contributed by atoms with van der Waals surface area (Å²) in [7, 11) is 2.10. The van der Waals surface area contributed by atoms with Gasteiger partial charge in [0.2, 0.25) is 0 Å². The van der Waals surface area contributed by atoms with Crippen LogP contribution in [0.1, 0.15) is 46.1 Å². The average Bonchev–Trinajstić information content (AvgIpc) is 3.04. The number of aromatic nitrogens is 1. The Bertz CT molecular complexity index is 1130. The lowest BCUT2D eigenvalue weighted by Crippen LogP contribution is -2.34. The van der Waals surface area contributed by atoms with E-state index in [0.29, 0.717) is 12.6 Å². The normalized spacial score (nSPS) is 13.9.